The lowest BCUT2D eigenvalue weighted by Gasteiger charge is -2.61. The van der Waals surface area contributed by atoms with Gasteiger partial charge in [-0.1, -0.05) is 19.9 Å². The molecule has 5 aliphatic carbocycles. The fraction of sp³-hybridized carbons (Fsp3) is 0.864. The largest absolute Gasteiger partial charge is 0.463 e. The number of allylic oxidation sites excluding steroid dienone is 2. The number of hydrogen-bond acceptors (Lipinski definition) is 2. The van der Waals surface area contributed by atoms with E-state index in [1.807, 2.05) is 0 Å². The van der Waals surface area contributed by atoms with E-state index in [-0.39, 0.29) is 12.1 Å². The summed E-state index contributed by atoms with van der Waals surface area (Å²) in [4.78, 5) is 11.5. The summed E-state index contributed by atoms with van der Waals surface area (Å²) in [6.45, 7) is 6.75. The molecule has 8 atom stereocenters. The van der Waals surface area contributed by atoms with Crippen molar-refractivity contribution in [3.05, 3.63) is 9.66 Å². The molecule has 0 aliphatic heterocycles. The lowest BCUT2D eigenvalue weighted by molar-refractivity contribution is -0.161. The number of rotatable bonds is 1. The van der Waals surface area contributed by atoms with Gasteiger partial charge in [-0.15, -0.1) is 0 Å². The molecule has 5 rings (SSSR count). The van der Waals surface area contributed by atoms with Gasteiger partial charge >= 0.3 is 5.97 Å². The van der Waals surface area contributed by atoms with Gasteiger partial charge in [-0.25, -0.2) is 0 Å². The zero-order chi connectivity index (χ0) is 17.6. The van der Waals surface area contributed by atoms with Crippen molar-refractivity contribution in [3.8, 4) is 0 Å². The van der Waals surface area contributed by atoms with Gasteiger partial charge in [0, 0.05) is 12.3 Å². The first-order chi connectivity index (χ1) is 11.8. The Morgan fingerprint density at radius 1 is 1.20 bits per heavy atom. The first-order valence-corrected chi connectivity index (χ1v) is 11.4. The van der Waals surface area contributed by atoms with Gasteiger partial charge in [0.1, 0.15) is 6.10 Å². The molecule has 5 aliphatic rings. The van der Waals surface area contributed by atoms with E-state index in [4.69, 9.17) is 4.74 Å². The number of halogens is 1. The molecule has 0 aromatic carbocycles. The fourth-order valence-corrected chi connectivity index (χ4v) is 9.16. The van der Waals surface area contributed by atoms with Crippen LogP contribution in [0.2, 0.25) is 0 Å². The van der Waals surface area contributed by atoms with E-state index < -0.39 is 0 Å². The van der Waals surface area contributed by atoms with E-state index in [9.17, 15) is 4.79 Å². The molecular weight excluding hydrogens is 423 g/mol. The molecule has 0 N–H and O–H groups in total. The SMILES string of the molecule is CC(=O)O[C@H]1CC[C@]2(C)[C@H]3CC[C@]4(C)C(I)=CC[C@H]4[C@@H]3CC3CC32C1. The molecule has 4 saturated carbocycles. The summed E-state index contributed by atoms with van der Waals surface area (Å²) in [5.41, 5.74) is 1.47. The van der Waals surface area contributed by atoms with E-state index >= 15 is 0 Å². The third-order valence-electron chi connectivity index (χ3n) is 9.58. The second-order valence-corrected chi connectivity index (χ2v) is 11.5. The predicted molar refractivity (Wildman–Crippen MR) is 107 cm³/mol. The summed E-state index contributed by atoms with van der Waals surface area (Å²) in [6.07, 6.45) is 13.2. The number of carbonyl (C=O) groups is 1. The average Bonchev–Trinajstić information content (AvgIpc) is 3.15. The number of esters is 1. The van der Waals surface area contributed by atoms with Crippen LogP contribution in [0.4, 0.5) is 0 Å². The third-order valence-corrected chi connectivity index (χ3v) is 11.3. The molecule has 0 bridgehead atoms. The Labute approximate surface area is 165 Å². The van der Waals surface area contributed by atoms with Crippen LogP contribution < -0.4 is 0 Å². The normalized spacial score (nSPS) is 56.0. The molecule has 3 heteroatoms. The van der Waals surface area contributed by atoms with Crippen LogP contribution in [0.15, 0.2) is 9.66 Å². The Hall–Kier alpha value is -0.0600. The quantitative estimate of drug-likeness (QED) is 0.365. The van der Waals surface area contributed by atoms with Gasteiger partial charge in [0.05, 0.1) is 0 Å². The Morgan fingerprint density at radius 2 is 2.00 bits per heavy atom. The highest BCUT2D eigenvalue weighted by Crippen LogP contribution is 2.80. The molecule has 4 fully saturated rings. The smallest absolute Gasteiger partial charge is 0.302 e. The van der Waals surface area contributed by atoms with Crippen LogP contribution in [0, 0.1) is 39.9 Å². The summed E-state index contributed by atoms with van der Waals surface area (Å²) in [7, 11) is 0. The van der Waals surface area contributed by atoms with Crippen molar-refractivity contribution in [2.75, 3.05) is 0 Å². The van der Waals surface area contributed by atoms with Crippen LogP contribution in [0.3, 0.4) is 0 Å². The van der Waals surface area contributed by atoms with Crippen molar-refractivity contribution in [1.29, 1.82) is 0 Å². The minimum Gasteiger partial charge on any atom is -0.463 e. The summed E-state index contributed by atoms with van der Waals surface area (Å²) in [5.74, 6) is 3.53. The minimum atomic E-state index is -0.0871. The highest BCUT2D eigenvalue weighted by atomic mass is 127. The molecule has 0 amide bonds. The molecule has 2 nitrogen and oxygen atoms in total. The third kappa shape index (κ3) is 2.11. The minimum absolute atomic E-state index is 0.0871. The highest BCUT2D eigenvalue weighted by Gasteiger charge is 2.73. The van der Waals surface area contributed by atoms with Crippen molar-refractivity contribution in [2.24, 2.45) is 39.9 Å². The van der Waals surface area contributed by atoms with E-state index in [1.165, 1.54) is 38.5 Å². The Kier molecular flexibility index (Phi) is 3.59. The van der Waals surface area contributed by atoms with Gasteiger partial charge in [0.2, 0.25) is 0 Å². The van der Waals surface area contributed by atoms with Crippen LogP contribution in [0.5, 0.6) is 0 Å². The van der Waals surface area contributed by atoms with E-state index in [1.54, 1.807) is 10.5 Å². The summed E-state index contributed by atoms with van der Waals surface area (Å²) in [5, 5.41) is 0. The van der Waals surface area contributed by atoms with Crippen molar-refractivity contribution in [2.45, 2.75) is 78.2 Å². The van der Waals surface area contributed by atoms with Crippen molar-refractivity contribution < 1.29 is 9.53 Å². The molecule has 0 saturated heterocycles. The number of carbonyl (C=O) groups excluding carboxylic acids is 1. The highest BCUT2D eigenvalue weighted by molar-refractivity contribution is 14.1. The number of fused-ring (bicyclic) bond motifs is 4. The fourth-order valence-electron chi connectivity index (χ4n) is 8.23. The molecule has 138 valence electrons. The molecule has 0 radical (unpaired) electrons. The Bertz CT molecular complexity index is 656. The Morgan fingerprint density at radius 3 is 2.76 bits per heavy atom. The molecule has 1 spiro atoms. The van der Waals surface area contributed by atoms with Gasteiger partial charge < -0.3 is 4.74 Å². The maximum Gasteiger partial charge on any atom is 0.302 e. The maximum atomic E-state index is 11.5. The van der Waals surface area contributed by atoms with E-state index in [0.717, 1.165) is 36.5 Å². The molecule has 25 heavy (non-hydrogen) atoms. The van der Waals surface area contributed by atoms with Gasteiger partial charge in [-0.3, -0.25) is 4.79 Å². The molecule has 0 aromatic heterocycles. The summed E-state index contributed by atoms with van der Waals surface area (Å²) < 4.78 is 7.31. The van der Waals surface area contributed by atoms with Gasteiger partial charge in [-0.05, 0) is 112 Å². The van der Waals surface area contributed by atoms with Crippen LogP contribution in [-0.2, 0) is 9.53 Å². The predicted octanol–water partition coefficient (Wildman–Crippen LogP) is 5.89. The first kappa shape index (κ1) is 17.1. The zero-order valence-corrected chi connectivity index (χ0v) is 18.0. The second-order valence-electron chi connectivity index (χ2n) is 10.3. The monoisotopic (exact) mass is 454 g/mol. The van der Waals surface area contributed by atoms with Crippen molar-refractivity contribution in [1.82, 2.24) is 0 Å². The summed E-state index contributed by atoms with van der Waals surface area (Å²) >= 11 is 2.63. The molecular formula is C22H31IO2. The van der Waals surface area contributed by atoms with E-state index in [0.29, 0.717) is 16.2 Å². The standard InChI is InChI=1S/C22H31IO2/c1-13(24)25-15-6-9-21(3)18-7-8-20(2)17(4-5-19(20)23)16(18)10-14-11-22(14,21)12-15/h5,14-18H,4,6-12H2,1-3H3/t14?,15-,16-,17-,18-,20-,21+,22?/m0/s1. The van der Waals surface area contributed by atoms with Gasteiger partial charge in [0.15, 0.2) is 0 Å². The maximum absolute atomic E-state index is 11.5. The van der Waals surface area contributed by atoms with E-state index in [2.05, 4.69) is 42.5 Å². The second kappa shape index (κ2) is 5.26. The van der Waals surface area contributed by atoms with Crippen LogP contribution in [-0.4, -0.2) is 12.1 Å². The topological polar surface area (TPSA) is 26.3 Å². The Balaban J connectivity index is 1.43. The molecule has 2 unspecified atom stereocenters. The van der Waals surface area contributed by atoms with Crippen LogP contribution in [0.25, 0.3) is 0 Å². The van der Waals surface area contributed by atoms with Gasteiger partial charge in [0.25, 0.3) is 0 Å². The lowest BCUT2D eigenvalue weighted by Crippen LogP contribution is -2.54. The van der Waals surface area contributed by atoms with Crippen molar-refractivity contribution >= 4 is 28.6 Å². The zero-order valence-electron chi connectivity index (χ0n) is 15.8. The number of ether oxygens (including phenoxy) is 1. The van der Waals surface area contributed by atoms with Crippen LogP contribution >= 0.6 is 22.6 Å². The van der Waals surface area contributed by atoms with Crippen molar-refractivity contribution in [3.63, 3.8) is 0 Å². The average molecular weight is 454 g/mol. The molecule has 0 aromatic rings. The first-order valence-electron chi connectivity index (χ1n) is 10.3. The lowest BCUT2D eigenvalue weighted by atomic mass is 9.44. The van der Waals surface area contributed by atoms with Gasteiger partial charge in [-0.2, -0.15) is 0 Å². The summed E-state index contributed by atoms with van der Waals surface area (Å²) in [6, 6.07) is 0. The van der Waals surface area contributed by atoms with Crippen LogP contribution in [0.1, 0.15) is 72.1 Å². The number of hydrogen-bond donors (Lipinski definition) is 0. The molecule has 0 heterocycles.